The van der Waals surface area contributed by atoms with Gasteiger partial charge in [-0.2, -0.15) is 0 Å². The molecule has 0 radical (unpaired) electrons. The lowest BCUT2D eigenvalue weighted by Crippen LogP contribution is -2.78. The molecular formula is C82H60N2Si2. The molecule has 0 unspecified atom stereocenters. The highest BCUT2D eigenvalue weighted by atomic mass is 28.3. The first-order valence-electron chi connectivity index (χ1n) is 29.5. The fourth-order valence-corrected chi connectivity index (χ4v) is 22.5. The van der Waals surface area contributed by atoms with E-state index < -0.39 is 16.1 Å². The summed E-state index contributed by atoms with van der Waals surface area (Å²) >= 11 is 0. The lowest BCUT2D eigenvalue weighted by Gasteiger charge is -2.38. The van der Waals surface area contributed by atoms with E-state index in [0.717, 1.165) is 28.1 Å². The van der Waals surface area contributed by atoms with Crippen LogP contribution in [0.5, 0.6) is 0 Å². The first-order chi connectivity index (χ1) is 42.6. The van der Waals surface area contributed by atoms with Gasteiger partial charge < -0.3 is 0 Å². The van der Waals surface area contributed by atoms with Gasteiger partial charge in [0.15, 0.2) is 22.0 Å². The summed E-state index contributed by atoms with van der Waals surface area (Å²) in [5.74, 6) is 0.665. The van der Waals surface area contributed by atoms with Crippen molar-refractivity contribution in [3.63, 3.8) is 0 Å². The van der Waals surface area contributed by atoms with Gasteiger partial charge in [-0.25, -0.2) is 9.97 Å². The highest BCUT2D eigenvalue weighted by Crippen LogP contribution is 2.30. The highest BCUT2D eigenvalue weighted by Gasteiger charge is 2.46. The van der Waals surface area contributed by atoms with Gasteiger partial charge in [0.2, 0.25) is 0 Å². The van der Waals surface area contributed by atoms with Crippen LogP contribution in [0.1, 0.15) is 0 Å². The van der Waals surface area contributed by atoms with Crippen molar-refractivity contribution in [3.8, 4) is 78.4 Å². The third kappa shape index (κ3) is 10.3. The Morgan fingerprint density at radius 1 is 0.151 bits per heavy atom. The van der Waals surface area contributed by atoms with Crippen LogP contribution < -0.4 is 41.5 Å². The molecule has 14 aromatic rings. The largest absolute Gasteiger partial charge is 0.228 e. The molecule has 14 rings (SSSR count). The minimum absolute atomic E-state index is 0.665. The Hall–Kier alpha value is -10.6. The maximum atomic E-state index is 5.68. The Bertz CT molecular complexity index is 4080. The Morgan fingerprint density at radius 2 is 0.360 bits per heavy atom. The first kappa shape index (κ1) is 53.4. The Labute approximate surface area is 506 Å². The van der Waals surface area contributed by atoms with Crippen LogP contribution in [0, 0.1) is 0 Å². The minimum atomic E-state index is -3.42. The molecule has 0 saturated carbocycles. The molecule has 0 aliphatic rings. The van der Waals surface area contributed by atoms with Gasteiger partial charge in [0.1, 0.15) is 0 Å². The number of hydrogen-bond acceptors (Lipinski definition) is 2. The minimum Gasteiger partial charge on any atom is -0.228 e. The highest BCUT2D eigenvalue weighted by molar-refractivity contribution is 7.22. The first-order valence-corrected chi connectivity index (χ1v) is 33.5. The van der Waals surface area contributed by atoms with Crippen LogP contribution in [0.15, 0.2) is 364 Å². The van der Waals surface area contributed by atoms with Gasteiger partial charge >= 0.3 is 0 Å². The fraction of sp³-hybridized carbons (Fsp3) is 0. The van der Waals surface area contributed by atoms with E-state index in [2.05, 4.69) is 364 Å². The van der Waals surface area contributed by atoms with Gasteiger partial charge in [-0.3, -0.25) is 0 Å². The van der Waals surface area contributed by atoms with E-state index in [0.29, 0.717) is 5.82 Å². The van der Waals surface area contributed by atoms with Crippen molar-refractivity contribution in [1.82, 2.24) is 9.97 Å². The van der Waals surface area contributed by atoms with Crippen LogP contribution in [-0.4, -0.2) is 26.1 Å². The summed E-state index contributed by atoms with van der Waals surface area (Å²) < 4.78 is 0. The Morgan fingerprint density at radius 3 is 0.616 bits per heavy atom. The molecule has 0 spiro atoms. The van der Waals surface area contributed by atoms with Crippen LogP contribution in [0.3, 0.4) is 0 Å². The number of benzene rings is 13. The van der Waals surface area contributed by atoms with Crippen molar-refractivity contribution < 1.29 is 0 Å². The number of aromatic nitrogens is 2. The van der Waals surface area contributed by atoms with Gasteiger partial charge in [0, 0.05) is 16.7 Å². The molecule has 0 aliphatic carbocycles. The van der Waals surface area contributed by atoms with E-state index in [4.69, 9.17) is 9.97 Å². The molecule has 406 valence electrons. The summed E-state index contributed by atoms with van der Waals surface area (Å²) in [5.41, 5.74) is 14.2. The van der Waals surface area contributed by atoms with Gasteiger partial charge in [-0.1, -0.05) is 358 Å². The molecule has 0 atom stereocenters. The number of rotatable bonds is 15. The van der Waals surface area contributed by atoms with Crippen molar-refractivity contribution in [2.75, 3.05) is 0 Å². The van der Waals surface area contributed by atoms with Crippen molar-refractivity contribution in [2.45, 2.75) is 0 Å². The predicted octanol–water partition coefficient (Wildman–Crippen LogP) is 14.9. The molecule has 0 fully saturated rings. The molecule has 0 aliphatic heterocycles. The van der Waals surface area contributed by atoms with Gasteiger partial charge in [0.05, 0.1) is 11.4 Å². The smallest absolute Gasteiger partial charge is 0.179 e. The summed E-state index contributed by atoms with van der Waals surface area (Å²) in [6.07, 6.45) is 0. The normalized spacial score (nSPS) is 11.5. The third-order valence-corrected chi connectivity index (χ3v) is 26.5. The molecule has 1 heterocycles. The van der Waals surface area contributed by atoms with Crippen molar-refractivity contribution in [2.24, 2.45) is 0 Å². The van der Waals surface area contributed by atoms with Gasteiger partial charge in [0.25, 0.3) is 0 Å². The van der Waals surface area contributed by atoms with E-state index in [1.807, 2.05) is 0 Å². The summed E-state index contributed by atoms with van der Waals surface area (Å²) in [6.45, 7) is 0. The summed E-state index contributed by atoms with van der Waals surface area (Å²) in [6, 6.07) is 135. The Balaban J connectivity index is 1.13. The van der Waals surface area contributed by atoms with Crippen LogP contribution in [0.25, 0.3) is 78.4 Å². The topological polar surface area (TPSA) is 25.8 Å². The van der Waals surface area contributed by atoms with E-state index >= 15 is 0 Å². The number of hydrogen-bond donors (Lipinski definition) is 0. The maximum absolute atomic E-state index is 5.68. The quantitative estimate of drug-likeness (QED) is 0.0755. The summed E-state index contributed by atoms with van der Waals surface area (Å²) in [5, 5.41) is 10.1. The fourth-order valence-electron chi connectivity index (χ4n) is 12.8. The number of nitrogens with zero attached hydrogens (tertiary/aromatic N) is 2. The molecule has 4 heteroatoms. The molecule has 2 nitrogen and oxygen atoms in total. The second-order valence-electron chi connectivity index (χ2n) is 22.0. The van der Waals surface area contributed by atoms with Crippen LogP contribution in [0.2, 0.25) is 0 Å². The zero-order chi connectivity index (χ0) is 57.5. The Kier molecular flexibility index (Phi) is 14.8. The zero-order valence-corrected chi connectivity index (χ0v) is 49.5. The van der Waals surface area contributed by atoms with Crippen LogP contribution in [0.4, 0.5) is 0 Å². The molecule has 13 aromatic carbocycles. The average Bonchev–Trinajstić information content (AvgIpc) is 0.924. The SMILES string of the molecule is c1ccc(-c2ccc([Si](c3ccccc3)(c3ccc(-c4ccccc4)cc3)c3cc(-c4nc(-c5ccccc5)cc(-c5ccccc5)n4)cc([Si](c4ccccc4)(c4ccc(-c5ccccc5)cc4)c4ccc(-c5ccccc5)cc4)c3)cc2)cc1. The van der Waals surface area contributed by atoms with Crippen molar-refractivity contribution in [1.29, 1.82) is 0 Å². The van der Waals surface area contributed by atoms with E-state index in [9.17, 15) is 0 Å². The van der Waals surface area contributed by atoms with Crippen LogP contribution in [-0.2, 0) is 0 Å². The standard InChI is InChI=1S/C82H60N2Si2/c1-9-25-61(26-10-1)65-41-49-74(50-42-65)85(72-37-21-7-22-38-72,75-51-43-66(44-52-75)62-27-11-2-12-28-62)78-57-71(82-83-80(69-33-17-5-18-34-69)60-81(84-82)70-35-19-6-20-36-70)58-79(59-78)86(73-39-23-8-24-40-73,76-53-45-67(46-54-76)63-29-13-3-14-30-63)77-55-47-68(48-56-77)64-31-15-4-16-32-64/h1-60H. The second kappa shape index (κ2) is 23.9. The zero-order valence-electron chi connectivity index (χ0n) is 47.5. The average molecular weight is 1130 g/mol. The lowest BCUT2D eigenvalue weighted by molar-refractivity contribution is 1.18. The summed E-state index contributed by atoms with van der Waals surface area (Å²) in [7, 11) is -6.84. The van der Waals surface area contributed by atoms with E-state index in [1.165, 1.54) is 86.0 Å². The third-order valence-electron chi connectivity index (χ3n) is 17.0. The van der Waals surface area contributed by atoms with E-state index in [1.54, 1.807) is 0 Å². The second-order valence-corrected chi connectivity index (χ2v) is 29.6. The monoisotopic (exact) mass is 1130 g/mol. The van der Waals surface area contributed by atoms with Gasteiger partial charge in [-0.05, 0) is 92.1 Å². The molecule has 0 bridgehead atoms. The molecule has 0 N–H and O–H groups in total. The maximum Gasteiger partial charge on any atom is 0.179 e. The van der Waals surface area contributed by atoms with Gasteiger partial charge in [-0.15, -0.1) is 0 Å². The summed E-state index contributed by atoms with van der Waals surface area (Å²) in [4.78, 5) is 11.4. The molecule has 86 heavy (non-hydrogen) atoms. The van der Waals surface area contributed by atoms with E-state index in [-0.39, 0.29) is 0 Å². The molecule has 0 saturated heterocycles. The van der Waals surface area contributed by atoms with Crippen LogP contribution >= 0.6 is 0 Å². The lowest BCUT2D eigenvalue weighted by atomic mass is 10.1. The molecule has 1 aromatic heterocycles. The molecular weight excluding hydrogens is 1070 g/mol. The predicted molar refractivity (Wildman–Crippen MR) is 367 cm³/mol. The van der Waals surface area contributed by atoms with Crippen molar-refractivity contribution in [3.05, 3.63) is 364 Å². The van der Waals surface area contributed by atoms with Crippen molar-refractivity contribution >= 4 is 57.6 Å². The molecule has 0 amide bonds.